The first-order valence-electron chi connectivity index (χ1n) is 31.5. The molecule has 0 fully saturated rings. The summed E-state index contributed by atoms with van der Waals surface area (Å²) in [7, 11) is 0. The second-order valence-electron chi connectivity index (χ2n) is 25.1. The highest BCUT2D eigenvalue weighted by molar-refractivity contribution is 6.36. The maximum absolute atomic E-state index is 2.56. The minimum atomic E-state index is 1.11. The Kier molecular flexibility index (Phi) is 13.0. The molecule has 2 aliphatic rings. The zero-order valence-electron chi connectivity index (χ0n) is 52.2. The Hall–Kier alpha value is -10.9. The molecule has 0 radical (unpaired) electrons. The fraction of sp³-hybridized carbons (Fsp3) is 0.0930. The van der Waals surface area contributed by atoms with Crippen LogP contribution in [0.15, 0.2) is 267 Å². The Balaban J connectivity index is 1.11. The maximum atomic E-state index is 2.56. The van der Waals surface area contributed by atoms with Gasteiger partial charge in [-0.05, 0) is 230 Å². The summed E-state index contributed by atoms with van der Waals surface area (Å²) >= 11 is 0. The monoisotopic (exact) mass is 1160 g/mol. The van der Waals surface area contributed by atoms with E-state index in [4.69, 9.17) is 0 Å². The van der Waals surface area contributed by atoms with Crippen molar-refractivity contribution in [2.45, 2.75) is 55.4 Å². The molecule has 0 heterocycles. The van der Waals surface area contributed by atoms with Gasteiger partial charge in [-0.15, -0.1) is 0 Å². The standard InChI is InChI=1S/C86H68N4/c1-53-21-13-29-61(45-53)87(62-30-14-22-54(2)46-62)83-69-37-9-10-38-70(69)84(88(63-31-15-23-55(3)47-63)64-32-16-24-56(4)48-64)80-74-43-44-76-78-75(42-41-73(77(74)78)79(80)83)81-82(76)86(90(67-35-19-27-59(7)51-67)68-36-20-28-60(8)52-68)72-40-12-11-39-71(72)85(81)89(65-33-17-25-57(5)49-65)66-34-18-26-58(6)50-66/h9-52H,1-8H3. The number of fused-ring (bicyclic) bond motifs is 8. The van der Waals surface area contributed by atoms with Crippen molar-refractivity contribution < 1.29 is 0 Å². The van der Waals surface area contributed by atoms with Crippen LogP contribution in [0.25, 0.3) is 76.8 Å². The molecule has 0 bridgehead atoms. The maximum Gasteiger partial charge on any atom is 0.0626 e. The van der Waals surface area contributed by atoms with E-state index < -0.39 is 0 Å². The normalized spacial score (nSPS) is 11.8. The fourth-order valence-corrected chi connectivity index (χ4v) is 14.9. The summed E-state index contributed by atoms with van der Waals surface area (Å²) in [6, 6.07) is 101. The van der Waals surface area contributed by atoms with Gasteiger partial charge in [0, 0.05) is 89.3 Å². The molecule has 0 aromatic heterocycles. The minimum Gasteiger partial charge on any atom is -0.309 e. The molecule has 14 aromatic carbocycles. The van der Waals surface area contributed by atoms with Crippen molar-refractivity contribution >= 4 is 101 Å². The second-order valence-corrected chi connectivity index (χ2v) is 25.1. The highest BCUT2D eigenvalue weighted by Gasteiger charge is 2.41. The van der Waals surface area contributed by atoms with Gasteiger partial charge in [-0.2, -0.15) is 0 Å². The van der Waals surface area contributed by atoms with Crippen LogP contribution in [0.4, 0.5) is 68.2 Å². The predicted molar refractivity (Wildman–Crippen MR) is 384 cm³/mol. The topological polar surface area (TPSA) is 13.0 Å². The first-order valence-corrected chi connectivity index (χ1v) is 31.5. The first-order chi connectivity index (χ1) is 43.9. The van der Waals surface area contributed by atoms with Crippen molar-refractivity contribution in [1.82, 2.24) is 0 Å². The van der Waals surface area contributed by atoms with Crippen LogP contribution < -0.4 is 19.6 Å². The number of hydrogen-bond donors (Lipinski definition) is 0. The largest absolute Gasteiger partial charge is 0.309 e. The van der Waals surface area contributed by atoms with Crippen molar-refractivity contribution in [3.8, 4) is 44.5 Å². The minimum absolute atomic E-state index is 1.11. The van der Waals surface area contributed by atoms with Gasteiger partial charge in [0.15, 0.2) is 0 Å². The lowest BCUT2D eigenvalue weighted by atomic mass is 9.89. The Morgan fingerprint density at radius 3 is 0.500 bits per heavy atom. The smallest absolute Gasteiger partial charge is 0.0626 e. The van der Waals surface area contributed by atoms with Gasteiger partial charge in [0.2, 0.25) is 0 Å². The van der Waals surface area contributed by atoms with E-state index in [-0.39, 0.29) is 0 Å². The van der Waals surface area contributed by atoms with Crippen molar-refractivity contribution in [2.24, 2.45) is 0 Å². The van der Waals surface area contributed by atoms with E-state index >= 15 is 0 Å². The predicted octanol–water partition coefficient (Wildman–Crippen LogP) is 24.8. The van der Waals surface area contributed by atoms with E-state index in [1.54, 1.807) is 0 Å². The van der Waals surface area contributed by atoms with Crippen molar-refractivity contribution in [1.29, 1.82) is 0 Å². The molecule has 0 atom stereocenters. The first kappa shape index (κ1) is 54.5. The van der Waals surface area contributed by atoms with Gasteiger partial charge >= 0.3 is 0 Å². The Morgan fingerprint density at radius 2 is 0.344 bits per heavy atom. The lowest BCUT2D eigenvalue weighted by molar-refractivity contribution is 1.26. The summed E-state index contributed by atoms with van der Waals surface area (Å²) in [6.45, 7) is 17.7. The molecule has 0 amide bonds. The van der Waals surface area contributed by atoms with Crippen LogP contribution in [-0.2, 0) is 0 Å². The molecule has 4 heteroatoms. The van der Waals surface area contributed by atoms with Crippen molar-refractivity contribution in [3.63, 3.8) is 0 Å². The molecule has 0 unspecified atom stereocenters. The van der Waals surface area contributed by atoms with Gasteiger partial charge in [0.1, 0.15) is 0 Å². The molecule has 2 aliphatic carbocycles. The van der Waals surface area contributed by atoms with Crippen LogP contribution in [0.1, 0.15) is 44.5 Å². The van der Waals surface area contributed by atoms with Gasteiger partial charge < -0.3 is 19.6 Å². The number of rotatable bonds is 12. The third kappa shape index (κ3) is 8.80. The lowest BCUT2D eigenvalue weighted by Gasteiger charge is -2.34. The summed E-state index contributed by atoms with van der Waals surface area (Å²) in [6.07, 6.45) is 0. The van der Waals surface area contributed by atoms with E-state index in [9.17, 15) is 0 Å². The zero-order valence-corrected chi connectivity index (χ0v) is 52.2. The third-order valence-corrected chi connectivity index (χ3v) is 18.5. The molecule has 14 aromatic rings. The van der Waals surface area contributed by atoms with Crippen LogP contribution in [0.5, 0.6) is 0 Å². The van der Waals surface area contributed by atoms with E-state index in [1.165, 1.54) is 99.8 Å². The molecule has 0 N–H and O–H groups in total. The van der Waals surface area contributed by atoms with Crippen LogP contribution >= 0.6 is 0 Å². The zero-order chi connectivity index (χ0) is 61.1. The molecule has 0 saturated heterocycles. The molecule has 0 aliphatic heterocycles. The highest BCUT2D eigenvalue weighted by atomic mass is 15.2. The van der Waals surface area contributed by atoms with Gasteiger partial charge in [-0.25, -0.2) is 0 Å². The van der Waals surface area contributed by atoms with E-state index in [0.717, 1.165) is 89.8 Å². The number of benzene rings is 14. The summed E-state index contributed by atoms with van der Waals surface area (Å²) < 4.78 is 0. The molecular weight excluding hydrogens is 1090 g/mol. The van der Waals surface area contributed by atoms with Crippen molar-refractivity contribution in [2.75, 3.05) is 19.6 Å². The van der Waals surface area contributed by atoms with Gasteiger partial charge in [-0.3, -0.25) is 0 Å². The van der Waals surface area contributed by atoms with Crippen LogP contribution in [0.3, 0.4) is 0 Å². The Bertz CT molecular complexity index is 4450. The number of aryl methyl sites for hydroxylation is 8. The molecule has 16 rings (SSSR count). The van der Waals surface area contributed by atoms with Crippen LogP contribution in [0.2, 0.25) is 0 Å². The third-order valence-electron chi connectivity index (χ3n) is 18.5. The second kappa shape index (κ2) is 21.4. The number of nitrogens with zero attached hydrogens (tertiary/aromatic N) is 4. The highest BCUT2D eigenvalue weighted by Crippen LogP contribution is 2.68. The molecule has 4 nitrogen and oxygen atoms in total. The SMILES string of the molecule is Cc1cccc(N(c2cccc(C)c2)c2c3c(c(N(c4cccc(C)c4)c4cccc(C)c4)c4ccccc24)-c2ccc4c5c(ccc-3c25)-c2c-4c(N(c3cccc(C)c3)c3cccc(C)c3)c3ccccc3c2N(c2cccc(C)c2)c2cccc(C)c2)c1. The van der Waals surface area contributed by atoms with Crippen LogP contribution in [-0.4, -0.2) is 0 Å². The number of hydrogen-bond acceptors (Lipinski definition) is 4. The van der Waals surface area contributed by atoms with Crippen molar-refractivity contribution in [3.05, 3.63) is 311 Å². The average molecular weight is 1160 g/mol. The quantitative estimate of drug-likeness (QED) is 0.113. The fourth-order valence-electron chi connectivity index (χ4n) is 14.9. The van der Waals surface area contributed by atoms with Crippen LogP contribution in [0, 0.1) is 55.4 Å². The molecular formula is C86H68N4. The Morgan fingerprint density at radius 1 is 0.178 bits per heavy atom. The molecule has 90 heavy (non-hydrogen) atoms. The van der Waals surface area contributed by atoms with Gasteiger partial charge in [-0.1, -0.05) is 170 Å². The van der Waals surface area contributed by atoms with E-state index in [0.29, 0.717) is 0 Å². The summed E-state index contributed by atoms with van der Waals surface area (Å²) in [5, 5.41) is 7.17. The number of anilines is 12. The Labute approximate surface area is 528 Å². The summed E-state index contributed by atoms with van der Waals surface area (Å²) in [5.74, 6) is 0. The molecule has 0 spiro atoms. The average Bonchev–Trinajstić information content (AvgIpc) is 1.45. The molecule has 432 valence electrons. The van der Waals surface area contributed by atoms with E-state index in [1.807, 2.05) is 0 Å². The van der Waals surface area contributed by atoms with Gasteiger partial charge in [0.25, 0.3) is 0 Å². The van der Waals surface area contributed by atoms with Gasteiger partial charge in [0.05, 0.1) is 22.7 Å². The summed E-state index contributed by atoms with van der Waals surface area (Å²) in [5.41, 5.74) is 32.8. The summed E-state index contributed by atoms with van der Waals surface area (Å²) in [4.78, 5) is 10.2. The lowest BCUT2D eigenvalue weighted by Crippen LogP contribution is -2.16. The van der Waals surface area contributed by atoms with E-state index in [2.05, 4.69) is 342 Å². The molecule has 0 saturated carbocycles.